The van der Waals surface area contributed by atoms with Crippen LogP contribution in [0.3, 0.4) is 0 Å². The first kappa shape index (κ1) is 13.8. The lowest BCUT2D eigenvalue weighted by molar-refractivity contribution is -0.274. The SMILES string of the molecule is Nc1c(OC(F)(F)F)ccc(OC(F)F)c1Br. The number of anilines is 1. The van der Waals surface area contributed by atoms with E-state index in [-0.39, 0.29) is 10.2 Å². The second kappa shape index (κ2) is 4.94. The topological polar surface area (TPSA) is 44.5 Å². The summed E-state index contributed by atoms with van der Waals surface area (Å²) in [6.45, 7) is -3.11. The molecule has 17 heavy (non-hydrogen) atoms. The van der Waals surface area contributed by atoms with E-state index in [4.69, 9.17) is 5.73 Å². The summed E-state index contributed by atoms with van der Waals surface area (Å²) in [6, 6.07) is 1.67. The van der Waals surface area contributed by atoms with Crippen LogP contribution >= 0.6 is 15.9 Å². The van der Waals surface area contributed by atoms with Gasteiger partial charge in [0, 0.05) is 0 Å². The maximum absolute atomic E-state index is 11.9. The van der Waals surface area contributed by atoms with Crippen molar-refractivity contribution in [2.45, 2.75) is 13.0 Å². The molecule has 0 aliphatic heterocycles. The molecule has 0 aliphatic carbocycles. The van der Waals surface area contributed by atoms with Gasteiger partial charge in [0.2, 0.25) is 0 Å². The molecular weight excluding hydrogens is 317 g/mol. The van der Waals surface area contributed by atoms with Crippen LogP contribution in [0.25, 0.3) is 0 Å². The highest BCUT2D eigenvalue weighted by Crippen LogP contribution is 2.39. The summed E-state index contributed by atoms with van der Waals surface area (Å²) in [4.78, 5) is 0. The molecule has 0 aromatic heterocycles. The summed E-state index contributed by atoms with van der Waals surface area (Å²) in [7, 11) is 0. The third-order valence-electron chi connectivity index (χ3n) is 1.55. The molecule has 9 heteroatoms. The van der Waals surface area contributed by atoms with E-state index < -0.39 is 24.4 Å². The van der Waals surface area contributed by atoms with Crippen molar-refractivity contribution < 1.29 is 31.4 Å². The molecule has 0 atom stereocenters. The van der Waals surface area contributed by atoms with Crippen LogP contribution in [0.1, 0.15) is 0 Å². The van der Waals surface area contributed by atoms with E-state index in [0.717, 1.165) is 12.1 Å². The smallest absolute Gasteiger partial charge is 0.434 e. The Bertz CT molecular complexity index is 410. The molecule has 0 unspecified atom stereocenters. The van der Waals surface area contributed by atoms with Gasteiger partial charge in [0.15, 0.2) is 5.75 Å². The molecule has 0 saturated heterocycles. The average Bonchev–Trinajstić information content (AvgIpc) is 2.15. The predicted molar refractivity (Wildman–Crippen MR) is 51.9 cm³/mol. The van der Waals surface area contributed by atoms with Crippen molar-refractivity contribution in [3.8, 4) is 11.5 Å². The first-order valence-corrected chi connectivity index (χ1v) is 4.78. The van der Waals surface area contributed by atoms with E-state index in [9.17, 15) is 22.0 Å². The highest BCUT2D eigenvalue weighted by Gasteiger charge is 2.32. The Morgan fingerprint density at radius 3 is 2.18 bits per heavy atom. The minimum atomic E-state index is -4.92. The Morgan fingerprint density at radius 1 is 1.18 bits per heavy atom. The first-order valence-electron chi connectivity index (χ1n) is 3.99. The van der Waals surface area contributed by atoms with Crippen molar-refractivity contribution in [1.82, 2.24) is 0 Å². The fourth-order valence-electron chi connectivity index (χ4n) is 0.956. The summed E-state index contributed by atoms with van der Waals surface area (Å²) >= 11 is 2.74. The maximum atomic E-state index is 11.9. The van der Waals surface area contributed by atoms with E-state index >= 15 is 0 Å². The third-order valence-corrected chi connectivity index (χ3v) is 2.36. The standard InChI is InChI=1S/C8H5BrF5NO2/c9-5-3(16-7(10)11)1-2-4(6(5)15)17-8(12,13)14/h1-2,7H,15H2. The van der Waals surface area contributed by atoms with Gasteiger partial charge >= 0.3 is 13.0 Å². The summed E-state index contributed by atoms with van der Waals surface area (Å²) in [6.07, 6.45) is -4.92. The normalized spacial score (nSPS) is 11.7. The Morgan fingerprint density at radius 2 is 1.71 bits per heavy atom. The van der Waals surface area contributed by atoms with E-state index in [2.05, 4.69) is 25.4 Å². The number of halogens is 6. The maximum Gasteiger partial charge on any atom is 0.573 e. The van der Waals surface area contributed by atoms with E-state index in [0.29, 0.717) is 0 Å². The quantitative estimate of drug-likeness (QED) is 0.684. The average molecular weight is 322 g/mol. The van der Waals surface area contributed by atoms with Gasteiger partial charge in [-0.1, -0.05) is 0 Å². The number of hydrogen-bond donors (Lipinski definition) is 1. The number of nitrogen functional groups attached to an aromatic ring is 1. The Balaban J connectivity index is 3.02. The molecule has 0 spiro atoms. The minimum Gasteiger partial charge on any atom is -0.434 e. The van der Waals surface area contributed by atoms with Crippen molar-refractivity contribution in [1.29, 1.82) is 0 Å². The molecule has 0 aliphatic rings. The highest BCUT2D eigenvalue weighted by atomic mass is 79.9. The Labute approximate surface area is 100 Å². The minimum absolute atomic E-state index is 0.237. The number of benzene rings is 1. The van der Waals surface area contributed by atoms with Crippen LogP contribution in [0.15, 0.2) is 16.6 Å². The van der Waals surface area contributed by atoms with Gasteiger partial charge in [-0.05, 0) is 28.1 Å². The molecule has 96 valence electrons. The van der Waals surface area contributed by atoms with Gasteiger partial charge in [0.1, 0.15) is 5.75 Å². The van der Waals surface area contributed by atoms with Gasteiger partial charge in [-0.15, -0.1) is 13.2 Å². The third kappa shape index (κ3) is 3.91. The lowest BCUT2D eigenvalue weighted by atomic mass is 10.3. The summed E-state index contributed by atoms with van der Waals surface area (Å²) in [5.74, 6) is -1.09. The summed E-state index contributed by atoms with van der Waals surface area (Å²) < 4.78 is 66.9. The fraction of sp³-hybridized carbons (Fsp3) is 0.250. The molecule has 3 nitrogen and oxygen atoms in total. The predicted octanol–water partition coefficient (Wildman–Crippen LogP) is 3.53. The molecule has 0 saturated carbocycles. The molecule has 1 rings (SSSR count). The highest BCUT2D eigenvalue weighted by molar-refractivity contribution is 9.10. The second-order valence-corrected chi connectivity index (χ2v) is 3.51. The number of nitrogens with two attached hydrogens (primary N) is 1. The van der Waals surface area contributed by atoms with E-state index in [1.807, 2.05) is 0 Å². The van der Waals surface area contributed by atoms with Crippen molar-refractivity contribution in [3.63, 3.8) is 0 Å². The summed E-state index contributed by atoms with van der Waals surface area (Å²) in [5.41, 5.74) is 4.78. The van der Waals surface area contributed by atoms with Gasteiger partial charge in [-0.25, -0.2) is 0 Å². The van der Waals surface area contributed by atoms with Crippen LogP contribution in [0.2, 0.25) is 0 Å². The van der Waals surface area contributed by atoms with Crippen molar-refractivity contribution in [3.05, 3.63) is 16.6 Å². The van der Waals surface area contributed by atoms with Crippen LogP contribution in [0.5, 0.6) is 11.5 Å². The molecule has 1 aromatic carbocycles. The molecule has 0 radical (unpaired) electrons. The lowest BCUT2D eigenvalue weighted by Gasteiger charge is -2.14. The van der Waals surface area contributed by atoms with Gasteiger partial charge in [-0.2, -0.15) is 8.78 Å². The lowest BCUT2D eigenvalue weighted by Crippen LogP contribution is -2.18. The Kier molecular flexibility index (Phi) is 4.02. The number of rotatable bonds is 3. The van der Waals surface area contributed by atoms with Crippen LogP contribution in [-0.4, -0.2) is 13.0 Å². The van der Waals surface area contributed by atoms with Crippen molar-refractivity contribution in [2.24, 2.45) is 0 Å². The number of alkyl halides is 5. The molecule has 2 N–H and O–H groups in total. The van der Waals surface area contributed by atoms with Gasteiger partial charge in [-0.3, -0.25) is 0 Å². The van der Waals surface area contributed by atoms with Crippen molar-refractivity contribution >= 4 is 21.6 Å². The molecular formula is C8H5BrF5NO2. The van der Waals surface area contributed by atoms with Gasteiger partial charge in [0.25, 0.3) is 0 Å². The number of hydrogen-bond acceptors (Lipinski definition) is 3. The van der Waals surface area contributed by atoms with Crippen molar-refractivity contribution in [2.75, 3.05) is 5.73 Å². The van der Waals surface area contributed by atoms with Crippen LogP contribution in [0, 0.1) is 0 Å². The molecule has 1 aromatic rings. The molecule has 0 bridgehead atoms. The fourth-order valence-corrected chi connectivity index (χ4v) is 1.38. The zero-order valence-electron chi connectivity index (χ0n) is 7.89. The molecule has 0 amide bonds. The molecule has 0 fully saturated rings. The van der Waals surface area contributed by atoms with Gasteiger partial charge in [0.05, 0.1) is 10.2 Å². The van der Waals surface area contributed by atoms with E-state index in [1.165, 1.54) is 0 Å². The van der Waals surface area contributed by atoms with Crippen LogP contribution < -0.4 is 15.2 Å². The zero-order chi connectivity index (χ0) is 13.2. The first-order chi connectivity index (χ1) is 7.70. The van der Waals surface area contributed by atoms with Crippen LogP contribution in [0.4, 0.5) is 27.6 Å². The number of ether oxygens (including phenoxy) is 2. The van der Waals surface area contributed by atoms with Gasteiger partial charge < -0.3 is 15.2 Å². The van der Waals surface area contributed by atoms with E-state index in [1.54, 1.807) is 0 Å². The van der Waals surface area contributed by atoms with Crippen LogP contribution in [-0.2, 0) is 0 Å². The monoisotopic (exact) mass is 321 g/mol. The zero-order valence-corrected chi connectivity index (χ0v) is 9.48. The molecule has 0 heterocycles. The second-order valence-electron chi connectivity index (χ2n) is 2.72. The Hall–Kier alpha value is -1.25. The largest absolute Gasteiger partial charge is 0.573 e. The summed E-state index contributed by atoms with van der Waals surface area (Å²) in [5, 5.41) is 0.